The first-order valence-electron chi connectivity index (χ1n) is 8.05. The van der Waals surface area contributed by atoms with Crippen molar-refractivity contribution in [1.82, 2.24) is 14.5 Å². The molecule has 0 atom stereocenters. The van der Waals surface area contributed by atoms with Gasteiger partial charge < -0.3 is 10.3 Å². The van der Waals surface area contributed by atoms with Crippen molar-refractivity contribution < 1.29 is 4.79 Å². The normalized spacial score (nSPS) is 11.2. The highest BCUT2D eigenvalue weighted by Crippen LogP contribution is 2.21. The number of aromatic amines is 1. The molecule has 0 fully saturated rings. The van der Waals surface area contributed by atoms with Gasteiger partial charge in [0.15, 0.2) is 5.16 Å². The molecule has 0 saturated carbocycles. The van der Waals surface area contributed by atoms with Crippen LogP contribution >= 0.6 is 11.8 Å². The lowest BCUT2D eigenvalue weighted by Gasteiger charge is -2.15. The van der Waals surface area contributed by atoms with Gasteiger partial charge in [0.05, 0.1) is 11.3 Å². The number of nitrogens with one attached hydrogen (secondary N) is 2. The molecule has 7 heteroatoms. The third kappa shape index (κ3) is 3.76. The van der Waals surface area contributed by atoms with Crippen LogP contribution in [0.2, 0.25) is 0 Å². The largest absolute Gasteiger partial charge is 0.353 e. The number of nitrogens with zero attached hydrogens (tertiary/aromatic N) is 2. The van der Waals surface area contributed by atoms with Crippen LogP contribution in [0.3, 0.4) is 0 Å². The van der Waals surface area contributed by atoms with E-state index in [1.165, 1.54) is 11.8 Å². The highest BCUT2D eigenvalue weighted by atomic mass is 32.2. The number of aromatic nitrogens is 3. The summed E-state index contributed by atoms with van der Waals surface area (Å²) in [5, 5.41) is 3.39. The lowest BCUT2D eigenvalue weighted by atomic mass is 10.3. The number of hydrogen-bond acceptors (Lipinski definition) is 4. The number of carbonyl (C=O) groups is 1. The summed E-state index contributed by atoms with van der Waals surface area (Å²) in [5.74, 6) is 0.0503. The smallest absolute Gasteiger partial charge is 0.278 e. The SMILES string of the molecule is Cc1cc2nc(SCC(=O)Nc3ccccc3)n(C(C)C)c(=O)c2[nH]1. The second-order valence-corrected chi connectivity index (χ2v) is 7.02. The zero-order valence-electron chi connectivity index (χ0n) is 14.4. The van der Waals surface area contributed by atoms with E-state index >= 15 is 0 Å². The van der Waals surface area contributed by atoms with E-state index in [-0.39, 0.29) is 23.3 Å². The van der Waals surface area contributed by atoms with Crippen molar-refractivity contribution in [3.05, 3.63) is 52.4 Å². The van der Waals surface area contributed by atoms with E-state index in [4.69, 9.17) is 0 Å². The molecule has 0 unspecified atom stereocenters. The lowest BCUT2D eigenvalue weighted by Crippen LogP contribution is -2.25. The summed E-state index contributed by atoms with van der Waals surface area (Å²) in [6, 6.07) is 11.1. The first-order chi connectivity index (χ1) is 12.0. The van der Waals surface area contributed by atoms with Gasteiger partial charge in [-0.15, -0.1) is 0 Å². The van der Waals surface area contributed by atoms with Crippen molar-refractivity contribution in [3.63, 3.8) is 0 Å². The van der Waals surface area contributed by atoms with E-state index in [2.05, 4.69) is 15.3 Å². The predicted molar refractivity (Wildman–Crippen MR) is 101 cm³/mol. The van der Waals surface area contributed by atoms with Crippen LogP contribution in [0.15, 0.2) is 46.3 Å². The minimum absolute atomic E-state index is 0.0484. The topological polar surface area (TPSA) is 79.8 Å². The molecule has 0 saturated heterocycles. The molecule has 3 aromatic rings. The first kappa shape index (κ1) is 17.3. The van der Waals surface area contributed by atoms with Gasteiger partial charge in [-0.1, -0.05) is 30.0 Å². The van der Waals surface area contributed by atoms with Gasteiger partial charge in [-0.05, 0) is 39.0 Å². The number of para-hydroxylation sites is 1. The standard InChI is InChI=1S/C18H20N4O2S/c1-11(2)22-17(24)16-14(9-12(3)19-16)21-18(22)25-10-15(23)20-13-7-5-4-6-8-13/h4-9,11,19H,10H2,1-3H3,(H,20,23). The average Bonchev–Trinajstić information content (AvgIpc) is 2.94. The summed E-state index contributed by atoms with van der Waals surface area (Å²) in [6.07, 6.45) is 0. The van der Waals surface area contributed by atoms with Crippen molar-refractivity contribution in [3.8, 4) is 0 Å². The van der Waals surface area contributed by atoms with E-state index < -0.39 is 0 Å². The number of amides is 1. The molecule has 0 bridgehead atoms. The summed E-state index contributed by atoms with van der Waals surface area (Å²) >= 11 is 1.27. The molecule has 1 amide bonds. The second-order valence-electron chi connectivity index (χ2n) is 6.08. The predicted octanol–water partition coefficient (Wildman–Crippen LogP) is 3.34. The Labute approximate surface area is 149 Å². The van der Waals surface area contributed by atoms with Gasteiger partial charge in [0.1, 0.15) is 5.52 Å². The quantitative estimate of drug-likeness (QED) is 0.543. The van der Waals surface area contributed by atoms with Crippen molar-refractivity contribution in [2.45, 2.75) is 32.0 Å². The minimum atomic E-state index is -0.133. The van der Waals surface area contributed by atoms with Gasteiger partial charge in [0.25, 0.3) is 5.56 Å². The molecule has 6 nitrogen and oxygen atoms in total. The van der Waals surface area contributed by atoms with Crippen LogP contribution in [-0.4, -0.2) is 26.2 Å². The van der Waals surface area contributed by atoms with Gasteiger partial charge in [-0.3, -0.25) is 14.2 Å². The lowest BCUT2D eigenvalue weighted by molar-refractivity contribution is -0.113. The Balaban J connectivity index is 1.84. The van der Waals surface area contributed by atoms with Gasteiger partial charge >= 0.3 is 0 Å². The van der Waals surface area contributed by atoms with Crippen LogP contribution in [0.5, 0.6) is 0 Å². The van der Waals surface area contributed by atoms with Crippen molar-refractivity contribution >= 4 is 34.4 Å². The average molecular weight is 356 g/mol. The van der Waals surface area contributed by atoms with Gasteiger partial charge in [-0.2, -0.15) is 0 Å². The van der Waals surface area contributed by atoms with Crippen LogP contribution in [0.25, 0.3) is 11.0 Å². The Bertz CT molecular complexity index is 960. The van der Waals surface area contributed by atoms with Crippen LogP contribution in [-0.2, 0) is 4.79 Å². The molecule has 0 radical (unpaired) electrons. The summed E-state index contributed by atoms with van der Waals surface area (Å²) in [5.41, 5.74) is 2.66. The van der Waals surface area contributed by atoms with Crippen LogP contribution in [0.4, 0.5) is 5.69 Å². The van der Waals surface area contributed by atoms with E-state index in [0.717, 1.165) is 11.4 Å². The molecule has 0 aliphatic heterocycles. The Morgan fingerprint density at radius 2 is 2.04 bits per heavy atom. The monoisotopic (exact) mass is 356 g/mol. The van der Waals surface area contributed by atoms with Gasteiger partial charge in [-0.25, -0.2) is 4.98 Å². The molecule has 2 heterocycles. The van der Waals surface area contributed by atoms with E-state index in [9.17, 15) is 9.59 Å². The second kappa shape index (κ2) is 7.14. The van der Waals surface area contributed by atoms with Crippen LogP contribution in [0.1, 0.15) is 25.6 Å². The maximum Gasteiger partial charge on any atom is 0.278 e. The number of rotatable bonds is 5. The minimum Gasteiger partial charge on any atom is -0.353 e. The molecule has 130 valence electrons. The zero-order valence-corrected chi connectivity index (χ0v) is 15.2. The molecule has 0 spiro atoms. The maximum absolute atomic E-state index is 12.7. The number of thioether (sulfide) groups is 1. The molecule has 0 aliphatic carbocycles. The summed E-state index contributed by atoms with van der Waals surface area (Å²) in [7, 11) is 0. The number of aryl methyl sites for hydroxylation is 1. The Morgan fingerprint density at radius 1 is 1.32 bits per heavy atom. The summed E-state index contributed by atoms with van der Waals surface area (Å²) < 4.78 is 1.62. The third-order valence-corrected chi connectivity index (χ3v) is 4.65. The Kier molecular flexibility index (Phi) is 4.94. The van der Waals surface area contributed by atoms with Gasteiger partial charge in [0.2, 0.25) is 5.91 Å². The van der Waals surface area contributed by atoms with Crippen LogP contribution in [0, 0.1) is 6.92 Å². The number of carbonyl (C=O) groups excluding carboxylic acids is 1. The molecular formula is C18H20N4O2S. The molecule has 3 rings (SSSR count). The van der Waals surface area contributed by atoms with Crippen molar-refractivity contribution in [1.29, 1.82) is 0 Å². The number of fused-ring (bicyclic) bond motifs is 1. The fourth-order valence-electron chi connectivity index (χ4n) is 2.60. The number of H-pyrrole nitrogens is 1. The highest BCUT2D eigenvalue weighted by Gasteiger charge is 2.16. The Morgan fingerprint density at radius 3 is 2.72 bits per heavy atom. The van der Waals surface area contributed by atoms with E-state index in [1.54, 1.807) is 4.57 Å². The first-order valence-corrected chi connectivity index (χ1v) is 9.04. The fraction of sp³-hybridized carbons (Fsp3) is 0.278. The number of anilines is 1. The third-order valence-electron chi connectivity index (χ3n) is 3.69. The number of hydrogen-bond donors (Lipinski definition) is 2. The molecular weight excluding hydrogens is 336 g/mol. The molecule has 0 aliphatic rings. The molecule has 1 aromatic carbocycles. The number of benzene rings is 1. The van der Waals surface area contributed by atoms with E-state index in [0.29, 0.717) is 16.2 Å². The van der Waals surface area contributed by atoms with E-state index in [1.807, 2.05) is 57.2 Å². The molecule has 2 N–H and O–H groups in total. The van der Waals surface area contributed by atoms with Gasteiger partial charge in [0, 0.05) is 17.4 Å². The molecule has 25 heavy (non-hydrogen) atoms. The van der Waals surface area contributed by atoms with Crippen molar-refractivity contribution in [2.24, 2.45) is 0 Å². The fourth-order valence-corrected chi connectivity index (χ4v) is 3.52. The summed E-state index contributed by atoms with van der Waals surface area (Å²) in [6.45, 7) is 5.75. The van der Waals surface area contributed by atoms with Crippen LogP contribution < -0.4 is 10.9 Å². The summed E-state index contributed by atoms with van der Waals surface area (Å²) in [4.78, 5) is 32.5. The van der Waals surface area contributed by atoms with Crippen molar-refractivity contribution in [2.75, 3.05) is 11.1 Å². The molecule has 2 aromatic heterocycles. The highest BCUT2D eigenvalue weighted by molar-refractivity contribution is 7.99. The maximum atomic E-state index is 12.7. The Hall–Kier alpha value is -2.54. The zero-order chi connectivity index (χ0) is 18.0.